The lowest BCUT2D eigenvalue weighted by atomic mass is 10.1. The average molecular weight is 422 g/mol. The highest BCUT2D eigenvalue weighted by molar-refractivity contribution is 7.17. The Labute approximate surface area is 169 Å². The van der Waals surface area contributed by atoms with E-state index in [0.29, 0.717) is 34.2 Å². The van der Waals surface area contributed by atoms with Crippen LogP contribution < -0.4 is 16.6 Å². The third-order valence-electron chi connectivity index (χ3n) is 3.96. The molecule has 0 bridgehead atoms. The zero-order valence-electron chi connectivity index (χ0n) is 15.5. The molecular weight excluding hydrogens is 397 g/mol. The fraction of sp³-hybridized carbons (Fsp3) is 0.500. The number of nitrogens with two attached hydrogens (primary N) is 1. The minimum Gasteiger partial charge on any atom is -0.351 e. The molecule has 2 heterocycles. The first-order chi connectivity index (χ1) is 11.3. The molecule has 26 heavy (non-hydrogen) atoms. The van der Waals surface area contributed by atoms with Gasteiger partial charge < -0.3 is 11.1 Å². The van der Waals surface area contributed by atoms with Crippen molar-refractivity contribution in [1.29, 1.82) is 0 Å². The second-order valence-electron chi connectivity index (χ2n) is 6.00. The molecule has 0 radical (unpaired) electrons. The van der Waals surface area contributed by atoms with E-state index in [1.807, 2.05) is 20.8 Å². The summed E-state index contributed by atoms with van der Waals surface area (Å²) in [6.45, 7) is 8.46. The van der Waals surface area contributed by atoms with E-state index in [1.54, 1.807) is 14.0 Å². The normalized spacial score (nSPS) is 11.3. The van der Waals surface area contributed by atoms with Crippen LogP contribution in [-0.2, 0) is 7.05 Å². The van der Waals surface area contributed by atoms with Gasteiger partial charge in [-0.2, -0.15) is 5.10 Å². The van der Waals surface area contributed by atoms with Crippen LogP contribution in [0.5, 0.6) is 0 Å². The van der Waals surface area contributed by atoms with Crippen molar-refractivity contribution in [1.82, 2.24) is 20.1 Å². The van der Waals surface area contributed by atoms with Gasteiger partial charge in [0, 0.05) is 13.6 Å². The Balaban J connectivity index is 0.00000312. The fourth-order valence-electron chi connectivity index (χ4n) is 2.24. The third-order valence-corrected chi connectivity index (χ3v) is 5.13. The van der Waals surface area contributed by atoms with Gasteiger partial charge in [0.2, 0.25) is 0 Å². The monoisotopic (exact) mass is 421 g/mol. The van der Waals surface area contributed by atoms with Crippen LogP contribution in [-0.4, -0.2) is 33.8 Å². The Bertz CT molecular complexity index is 835. The zero-order chi connectivity index (χ0) is 18.0. The second kappa shape index (κ2) is 10.0. The molecule has 10 heteroatoms. The topological polar surface area (TPSA) is 103 Å². The highest BCUT2D eigenvalue weighted by atomic mass is 35.5. The van der Waals surface area contributed by atoms with Crippen molar-refractivity contribution in [3.63, 3.8) is 0 Å². The lowest BCUT2D eigenvalue weighted by molar-refractivity contribution is 0.0952. The number of nitrogens with zero attached hydrogens (tertiary/aromatic N) is 3. The average Bonchev–Trinajstić information content (AvgIpc) is 2.92. The molecule has 2 rings (SSSR count). The molecule has 3 N–H and O–H groups in total. The van der Waals surface area contributed by atoms with Crippen LogP contribution in [0.1, 0.15) is 33.5 Å². The Hall–Kier alpha value is -1.48. The van der Waals surface area contributed by atoms with Crippen molar-refractivity contribution < 1.29 is 4.79 Å². The van der Waals surface area contributed by atoms with Crippen LogP contribution in [0.4, 0.5) is 0 Å². The number of thiazole rings is 1. The second-order valence-corrected chi connectivity index (χ2v) is 7.00. The van der Waals surface area contributed by atoms with Crippen molar-refractivity contribution in [2.45, 2.75) is 27.7 Å². The van der Waals surface area contributed by atoms with Crippen LogP contribution >= 0.6 is 36.2 Å². The Morgan fingerprint density at radius 2 is 1.88 bits per heavy atom. The largest absolute Gasteiger partial charge is 0.351 e. The predicted molar refractivity (Wildman–Crippen MR) is 110 cm³/mol. The molecule has 0 aromatic carbocycles. The summed E-state index contributed by atoms with van der Waals surface area (Å²) in [7, 11) is 1.61. The van der Waals surface area contributed by atoms with E-state index in [0.717, 1.165) is 11.3 Å². The van der Waals surface area contributed by atoms with Gasteiger partial charge in [0.25, 0.3) is 11.5 Å². The first-order valence-electron chi connectivity index (χ1n) is 7.76. The van der Waals surface area contributed by atoms with Gasteiger partial charge in [0.15, 0.2) is 0 Å². The smallest absolute Gasteiger partial charge is 0.277 e. The fourth-order valence-corrected chi connectivity index (χ4v) is 3.32. The van der Waals surface area contributed by atoms with Crippen LogP contribution in [0.3, 0.4) is 0 Å². The van der Waals surface area contributed by atoms with Gasteiger partial charge in [0.1, 0.15) is 9.88 Å². The summed E-state index contributed by atoms with van der Waals surface area (Å²) in [6.07, 6.45) is 0. The van der Waals surface area contributed by atoms with Crippen molar-refractivity contribution >= 4 is 42.1 Å². The molecule has 0 fully saturated rings. The number of aryl methyl sites for hydroxylation is 3. The first-order valence-corrected chi connectivity index (χ1v) is 8.58. The molecule has 2 aromatic heterocycles. The molecule has 2 aromatic rings. The number of amides is 1. The highest BCUT2D eigenvalue weighted by Gasteiger charge is 2.21. The number of hydrogen-bond acceptors (Lipinski definition) is 6. The summed E-state index contributed by atoms with van der Waals surface area (Å²) in [5.41, 5.74) is 8.03. The van der Waals surface area contributed by atoms with Crippen LogP contribution in [0.2, 0.25) is 0 Å². The van der Waals surface area contributed by atoms with Crippen molar-refractivity contribution in [3.05, 3.63) is 32.2 Å². The van der Waals surface area contributed by atoms with Crippen molar-refractivity contribution in [2.75, 3.05) is 13.1 Å². The molecule has 1 atom stereocenters. The van der Waals surface area contributed by atoms with Gasteiger partial charge in [-0.15, -0.1) is 36.2 Å². The molecular formula is C16H25Cl2N5O2S. The lowest BCUT2D eigenvalue weighted by Crippen LogP contribution is -2.31. The molecule has 0 aliphatic rings. The van der Waals surface area contributed by atoms with E-state index < -0.39 is 0 Å². The van der Waals surface area contributed by atoms with Gasteiger partial charge >= 0.3 is 0 Å². The highest BCUT2D eigenvalue weighted by Crippen LogP contribution is 2.28. The summed E-state index contributed by atoms with van der Waals surface area (Å²) in [5, 5.41) is 7.58. The maximum absolute atomic E-state index is 12.4. The van der Waals surface area contributed by atoms with Gasteiger partial charge in [-0.3, -0.25) is 9.59 Å². The molecule has 1 amide bonds. The quantitative estimate of drug-likeness (QED) is 0.767. The minimum atomic E-state index is -0.212. The van der Waals surface area contributed by atoms with Crippen LogP contribution in [0, 0.1) is 26.7 Å². The number of halogens is 2. The summed E-state index contributed by atoms with van der Waals surface area (Å²) in [5.74, 6) is 0.0239. The number of nitrogens with one attached hydrogen (secondary N) is 1. The van der Waals surface area contributed by atoms with E-state index in [1.165, 1.54) is 16.0 Å². The SMILES string of the molecule is Cc1nc(-c2c(C)c(C)nn(C)c2=O)sc1C(=O)NCC(C)CN.Cl.Cl. The molecule has 0 spiro atoms. The molecule has 0 aliphatic carbocycles. The van der Waals surface area contributed by atoms with Crippen LogP contribution in [0.15, 0.2) is 4.79 Å². The molecule has 1 unspecified atom stereocenters. The molecule has 0 saturated carbocycles. The summed E-state index contributed by atoms with van der Waals surface area (Å²) in [4.78, 5) is 29.8. The van der Waals surface area contributed by atoms with Gasteiger partial charge in [-0.1, -0.05) is 6.92 Å². The zero-order valence-corrected chi connectivity index (χ0v) is 17.9. The Morgan fingerprint density at radius 1 is 1.27 bits per heavy atom. The third kappa shape index (κ3) is 5.03. The lowest BCUT2D eigenvalue weighted by Gasteiger charge is -2.09. The summed E-state index contributed by atoms with van der Waals surface area (Å²) < 4.78 is 1.30. The molecule has 146 valence electrons. The summed E-state index contributed by atoms with van der Waals surface area (Å²) in [6, 6.07) is 0. The minimum absolute atomic E-state index is 0. The number of hydrogen-bond donors (Lipinski definition) is 2. The number of carbonyl (C=O) groups is 1. The van der Waals surface area contributed by atoms with Gasteiger partial charge in [-0.25, -0.2) is 9.67 Å². The molecule has 0 saturated heterocycles. The number of rotatable bonds is 5. The standard InChI is InChI=1S/C16H23N5O2S.2ClH/c1-8(6-17)7-18-14(22)13-11(4)19-15(24-13)12-9(2)10(3)20-21(5)16(12)23;;/h8H,6-7,17H2,1-5H3,(H,18,22);2*1H. The van der Waals surface area contributed by atoms with Crippen molar-refractivity contribution in [3.8, 4) is 10.6 Å². The number of aromatic nitrogens is 3. The first kappa shape index (κ1) is 24.5. The Morgan fingerprint density at radius 3 is 2.46 bits per heavy atom. The van der Waals surface area contributed by atoms with E-state index in [2.05, 4.69) is 15.4 Å². The van der Waals surface area contributed by atoms with Gasteiger partial charge in [0.05, 0.1) is 17.0 Å². The Kier molecular flexibility index (Phi) is 9.44. The maximum Gasteiger partial charge on any atom is 0.277 e. The van der Waals surface area contributed by atoms with Gasteiger partial charge in [-0.05, 0) is 38.8 Å². The van der Waals surface area contributed by atoms with Crippen LogP contribution in [0.25, 0.3) is 10.6 Å². The van der Waals surface area contributed by atoms with E-state index in [4.69, 9.17) is 5.73 Å². The maximum atomic E-state index is 12.4. The van der Waals surface area contributed by atoms with E-state index in [-0.39, 0.29) is 42.2 Å². The molecule has 0 aliphatic heterocycles. The summed E-state index contributed by atoms with van der Waals surface area (Å²) >= 11 is 1.23. The van der Waals surface area contributed by atoms with E-state index >= 15 is 0 Å². The molecule has 7 nitrogen and oxygen atoms in total. The predicted octanol–water partition coefficient (Wildman–Crippen LogP) is 2.00. The van der Waals surface area contributed by atoms with Crippen molar-refractivity contribution in [2.24, 2.45) is 18.7 Å². The number of carbonyl (C=O) groups excluding carboxylic acids is 1. The van der Waals surface area contributed by atoms with E-state index in [9.17, 15) is 9.59 Å².